The highest BCUT2D eigenvalue weighted by Crippen LogP contribution is 2.31. The second-order valence-electron chi connectivity index (χ2n) is 2.52. The standard InChI is InChI=1S/C7H4BrClF2N2O2/c8-2-4-6(9)5(13(14)15)1-3(12-4)7(10)11/h1,7H,2H2. The molecule has 0 N–H and O–H groups in total. The second-order valence-corrected chi connectivity index (χ2v) is 3.46. The average Bonchev–Trinajstić information content (AvgIpc) is 2.17. The molecule has 1 heterocycles. The van der Waals surface area contributed by atoms with Crippen molar-refractivity contribution in [2.45, 2.75) is 11.8 Å². The van der Waals surface area contributed by atoms with Gasteiger partial charge in [0.1, 0.15) is 10.7 Å². The van der Waals surface area contributed by atoms with E-state index in [9.17, 15) is 18.9 Å². The highest BCUT2D eigenvalue weighted by Gasteiger charge is 2.22. The van der Waals surface area contributed by atoms with Gasteiger partial charge in [0, 0.05) is 11.4 Å². The van der Waals surface area contributed by atoms with Gasteiger partial charge in [-0.1, -0.05) is 27.5 Å². The van der Waals surface area contributed by atoms with Crippen molar-refractivity contribution in [3.63, 3.8) is 0 Å². The van der Waals surface area contributed by atoms with Crippen LogP contribution in [0.3, 0.4) is 0 Å². The lowest BCUT2D eigenvalue weighted by atomic mass is 10.2. The van der Waals surface area contributed by atoms with Gasteiger partial charge in [0.15, 0.2) is 0 Å². The number of aromatic nitrogens is 1. The van der Waals surface area contributed by atoms with Gasteiger partial charge < -0.3 is 0 Å². The van der Waals surface area contributed by atoms with E-state index in [1.807, 2.05) is 0 Å². The largest absolute Gasteiger partial charge is 0.291 e. The third-order valence-corrected chi connectivity index (χ3v) is 2.52. The van der Waals surface area contributed by atoms with E-state index in [1.165, 1.54) is 0 Å². The smallest absolute Gasteiger partial charge is 0.258 e. The van der Waals surface area contributed by atoms with Crippen molar-refractivity contribution in [3.8, 4) is 0 Å². The van der Waals surface area contributed by atoms with Crippen LogP contribution in [0.4, 0.5) is 14.5 Å². The molecule has 1 rings (SSSR count). The van der Waals surface area contributed by atoms with Gasteiger partial charge in [-0.15, -0.1) is 0 Å². The Morgan fingerprint density at radius 3 is 2.67 bits per heavy atom. The molecule has 0 atom stereocenters. The first-order valence-electron chi connectivity index (χ1n) is 3.65. The molecule has 8 heteroatoms. The van der Waals surface area contributed by atoms with Crippen LogP contribution in [0.15, 0.2) is 6.07 Å². The van der Waals surface area contributed by atoms with E-state index < -0.39 is 22.7 Å². The summed E-state index contributed by atoms with van der Waals surface area (Å²) in [4.78, 5) is 13.2. The minimum atomic E-state index is -2.86. The van der Waals surface area contributed by atoms with Gasteiger partial charge in [0.25, 0.3) is 12.1 Å². The Kier molecular flexibility index (Phi) is 3.92. The minimum absolute atomic E-state index is 0.0289. The van der Waals surface area contributed by atoms with Gasteiger partial charge in [-0.2, -0.15) is 0 Å². The van der Waals surface area contributed by atoms with E-state index in [0.29, 0.717) is 6.07 Å². The quantitative estimate of drug-likeness (QED) is 0.488. The molecule has 0 aliphatic carbocycles. The zero-order valence-electron chi connectivity index (χ0n) is 7.08. The van der Waals surface area contributed by atoms with Crippen LogP contribution in [0.5, 0.6) is 0 Å². The van der Waals surface area contributed by atoms with Crippen molar-refractivity contribution >= 4 is 33.2 Å². The van der Waals surface area contributed by atoms with E-state index in [4.69, 9.17) is 11.6 Å². The molecular weight excluding hydrogens is 297 g/mol. The third kappa shape index (κ3) is 2.60. The predicted molar refractivity (Wildman–Crippen MR) is 53.5 cm³/mol. The number of rotatable bonds is 3. The molecule has 0 saturated heterocycles. The Labute approximate surface area is 96.5 Å². The van der Waals surface area contributed by atoms with Gasteiger partial charge in [0.2, 0.25) is 0 Å². The lowest BCUT2D eigenvalue weighted by Gasteiger charge is -2.04. The first kappa shape index (κ1) is 12.3. The number of alkyl halides is 3. The van der Waals surface area contributed by atoms with Crippen molar-refractivity contribution in [3.05, 3.63) is 32.6 Å². The van der Waals surface area contributed by atoms with Crippen LogP contribution in [0, 0.1) is 10.1 Å². The maximum absolute atomic E-state index is 12.3. The molecule has 0 radical (unpaired) electrons. The summed E-state index contributed by atoms with van der Waals surface area (Å²) >= 11 is 8.56. The molecule has 1 aromatic heterocycles. The lowest BCUT2D eigenvalue weighted by Crippen LogP contribution is -2.00. The topological polar surface area (TPSA) is 56.0 Å². The van der Waals surface area contributed by atoms with Crippen LogP contribution < -0.4 is 0 Å². The molecular formula is C7H4BrClF2N2O2. The molecule has 0 saturated carbocycles. The van der Waals surface area contributed by atoms with Gasteiger partial charge in [0.05, 0.1) is 10.6 Å². The summed E-state index contributed by atoms with van der Waals surface area (Å²) in [6, 6.07) is 0.680. The van der Waals surface area contributed by atoms with Crippen molar-refractivity contribution in [2.75, 3.05) is 0 Å². The second kappa shape index (κ2) is 4.80. The predicted octanol–water partition coefficient (Wildman–Crippen LogP) is 3.48. The molecule has 0 aliphatic heterocycles. The Morgan fingerprint density at radius 2 is 2.27 bits per heavy atom. The van der Waals surface area contributed by atoms with E-state index in [1.54, 1.807) is 0 Å². The van der Waals surface area contributed by atoms with Gasteiger partial charge in [-0.05, 0) is 0 Å². The lowest BCUT2D eigenvalue weighted by molar-refractivity contribution is -0.384. The number of halogens is 4. The fourth-order valence-corrected chi connectivity index (χ4v) is 1.72. The van der Waals surface area contributed by atoms with Gasteiger partial charge >= 0.3 is 0 Å². The molecule has 0 aliphatic rings. The van der Waals surface area contributed by atoms with Crippen LogP contribution in [-0.2, 0) is 5.33 Å². The van der Waals surface area contributed by atoms with Crippen LogP contribution >= 0.6 is 27.5 Å². The molecule has 82 valence electrons. The van der Waals surface area contributed by atoms with Gasteiger partial charge in [-0.25, -0.2) is 13.8 Å². The summed E-state index contributed by atoms with van der Waals surface area (Å²) in [7, 11) is 0. The van der Waals surface area contributed by atoms with Crippen molar-refractivity contribution in [1.82, 2.24) is 4.98 Å². The monoisotopic (exact) mass is 300 g/mol. The normalized spacial score (nSPS) is 10.7. The van der Waals surface area contributed by atoms with Crippen LogP contribution in [-0.4, -0.2) is 9.91 Å². The number of nitro groups is 1. The fourth-order valence-electron chi connectivity index (χ4n) is 0.922. The number of hydrogen-bond acceptors (Lipinski definition) is 3. The summed E-state index contributed by atoms with van der Waals surface area (Å²) in [6.07, 6.45) is -2.86. The number of pyridine rings is 1. The first-order chi connectivity index (χ1) is 6.97. The highest BCUT2D eigenvalue weighted by atomic mass is 79.9. The first-order valence-corrected chi connectivity index (χ1v) is 5.15. The molecule has 15 heavy (non-hydrogen) atoms. The van der Waals surface area contributed by atoms with Crippen LogP contribution in [0.2, 0.25) is 5.02 Å². The van der Waals surface area contributed by atoms with Crippen LogP contribution in [0.1, 0.15) is 17.8 Å². The van der Waals surface area contributed by atoms with Crippen LogP contribution in [0.25, 0.3) is 0 Å². The molecule has 0 spiro atoms. The van der Waals surface area contributed by atoms with Crippen molar-refractivity contribution < 1.29 is 13.7 Å². The van der Waals surface area contributed by atoms with Gasteiger partial charge in [-0.3, -0.25) is 10.1 Å². The molecule has 0 aromatic carbocycles. The third-order valence-electron chi connectivity index (χ3n) is 1.57. The van der Waals surface area contributed by atoms with E-state index >= 15 is 0 Å². The molecule has 1 aromatic rings. The fraction of sp³-hybridized carbons (Fsp3) is 0.286. The summed E-state index contributed by atoms with van der Waals surface area (Å²) in [6.45, 7) is 0. The molecule has 0 unspecified atom stereocenters. The Hall–Kier alpha value is -0.820. The highest BCUT2D eigenvalue weighted by molar-refractivity contribution is 9.08. The summed E-state index contributed by atoms with van der Waals surface area (Å²) < 4.78 is 24.6. The Balaban J connectivity index is 3.38. The summed E-state index contributed by atoms with van der Waals surface area (Å²) in [5.74, 6) is 0. The number of nitrogens with zero attached hydrogens (tertiary/aromatic N) is 2. The molecule has 0 bridgehead atoms. The average molecular weight is 301 g/mol. The maximum atomic E-state index is 12.3. The van der Waals surface area contributed by atoms with E-state index in [-0.39, 0.29) is 16.0 Å². The maximum Gasteiger partial charge on any atom is 0.291 e. The molecule has 0 fully saturated rings. The van der Waals surface area contributed by atoms with Crippen molar-refractivity contribution in [2.24, 2.45) is 0 Å². The summed E-state index contributed by atoms with van der Waals surface area (Å²) in [5, 5.41) is 10.4. The minimum Gasteiger partial charge on any atom is -0.258 e. The zero-order valence-corrected chi connectivity index (χ0v) is 9.43. The van der Waals surface area contributed by atoms with Crippen molar-refractivity contribution in [1.29, 1.82) is 0 Å². The SMILES string of the molecule is O=[N+]([O-])c1cc(C(F)F)nc(CBr)c1Cl. The molecule has 0 amide bonds. The molecule has 4 nitrogen and oxygen atoms in total. The van der Waals surface area contributed by atoms with E-state index in [0.717, 1.165) is 0 Å². The Morgan fingerprint density at radius 1 is 1.67 bits per heavy atom. The summed E-state index contributed by atoms with van der Waals surface area (Å²) in [5.41, 5.74) is -1.18. The zero-order chi connectivity index (χ0) is 11.6. The van der Waals surface area contributed by atoms with E-state index in [2.05, 4.69) is 20.9 Å². The Bertz CT molecular complexity index is 403. The number of hydrogen-bond donors (Lipinski definition) is 0.